The number of rotatable bonds is 91. The Bertz CT molecular complexity index is 2120. The minimum absolute atomic E-state index is 0.0575. The number of nitrogens with zero attached hydrogens (tertiary/aromatic N) is 2. The Morgan fingerprint density at radius 2 is 0.482 bits per heavy atom. The summed E-state index contributed by atoms with van der Waals surface area (Å²) < 4.78 is 68.7. The number of phosphoric acid groups is 2. The first-order chi connectivity index (χ1) is 54.6. The molecule has 20 nitrogen and oxygen atoms in total. The van der Waals surface area contributed by atoms with Crippen molar-refractivity contribution in [3.05, 3.63) is 0 Å². The van der Waals surface area contributed by atoms with Crippen molar-refractivity contribution >= 4 is 72.9 Å². The van der Waals surface area contributed by atoms with Crippen LogP contribution >= 0.6 is 37.2 Å². The Morgan fingerprint density at radius 1 is 0.286 bits per heavy atom. The number of ether oxygens (including phenoxy) is 4. The molecule has 0 aliphatic carbocycles. The van der Waals surface area contributed by atoms with Gasteiger partial charge in [-0.25, -0.2) is 9.13 Å². The maximum Gasteiger partial charge on any atom is 0.472 e. The van der Waals surface area contributed by atoms with Crippen LogP contribution in [-0.4, -0.2) is 122 Å². The summed E-state index contributed by atoms with van der Waals surface area (Å²) in [6.07, 6.45) is 70.7. The highest BCUT2D eigenvalue weighted by Gasteiger charge is 2.28. The van der Waals surface area contributed by atoms with E-state index in [1.54, 1.807) is 0 Å². The zero-order valence-electron chi connectivity index (χ0n) is 71.9. The van der Waals surface area contributed by atoms with Gasteiger partial charge in [0.2, 0.25) is 0 Å². The molecule has 0 radical (unpaired) electrons. The van der Waals surface area contributed by atoms with E-state index in [0.717, 1.165) is 77.0 Å². The van der Waals surface area contributed by atoms with Crippen molar-refractivity contribution in [2.24, 2.45) is 9.98 Å². The van der Waals surface area contributed by atoms with Crippen molar-refractivity contribution in [2.45, 2.75) is 464 Å². The van der Waals surface area contributed by atoms with Gasteiger partial charge in [-0.3, -0.25) is 37.3 Å². The highest BCUT2D eigenvalue weighted by atomic mass is 33.1. The summed E-state index contributed by atoms with van der Waals surface area (Å²) in [5.74, 6) is -2.10. The molecule has 0 aliphatic heterocycles. The van der Waals surface area contributed by atoms with Crippen LogP contribution in [0.4, 0.5) is 0 Å². The smallest absolute Gasteiger partial charge is 0.472 e. The fourth-order valence-corrected chi connectivity index (χ4v) is 16.9. The molecule has 0 saturated heterocycles. The van der Waals surface area contributed by atoms with Crippen LogP contribution in [0.15, 0.2) is 9.98 Å². The summed E-state index contributed by atoms with van der Waals surface area (Å²) in [6, 6.07) is 0. The van der Waals surface area contributed by atoms with Crippen LogP contribution < -0.4 is 10.2 Å². The van der Waals surface area contributed by atoms with E-state index in [9.17, 15) is 48.3 Å². The summed E-state index contributed by atoms with van der Waals surface area (Å²) in [5.41, 5.74) is 0. The lowest BCUT2D eigenvalue weighted by Crippen LogP contribution is -2.29. The topological polar surface area (TPSA) is 288 Å². The van der Waals surface area contributed by atoms with Crippen molar-refractivity contribution < 1.29 is 85.4 Å². The fraction of sp³-hybridized carbons (Fsp3) is 0.932. The number of unbranched alkanes of at least 4 members (excludes halogenated alkanes) is 56. The molecular formula is C88H168N2O18P2S2-2. The molecule has 0 saturated carbocycles. The van der Waals surface area contributed by atoms with Crippen LogP contribution in [-0.2, 0) is 65.4 Å². The van der Waals surface area contributed by atoms with Crippen molar-refractivity contribution in [3.8, 4) is 0 Å². The van der Waals surface area contributed by atoms with Crippen LogP contribution in [0.5, 0.6) is 0 Å². The van der Waals surface area contributed by atoms with Crippen LogP contribution in [0.3, 0.4) is 0 Å². The van der Waals surface area contributed by atoms with Gasteiger partial charge >= 0.3 is 39.5 Å². The van der Waals surface area contributed by atoms with Crippen molar-refractivity contribution in [2.75, 3.05) is 64.2 Å². The normalized spacial score (nSPS) is 13.6. The van der Waals surface area contributed by atoms with E-state index in [0.29, 0.717) is 37.2 Å². The minimum atomic E-state index is -4.70. The Kier molecular flexibility index (Phi) is 83.4. The van der Waals surface area contributed by atoms with Crippen LogP contribution in [0.1, 0.15) is 451 Å². The monoisotopic (exact) mass is 1670 g/mol. The van der Waals surface area contributed by atoms with Crippen molar-refractivity contribution in [1.82, 2.24) is 0 Å². The molecule has 2 unspecified atom stereocenters. The molecule has 0 aromatic heterocycles. The number of phosphoric ester groups is 2. The number of carbonyl (C=O) groups is 4. The summed E-state index contributed by atoms with van der Waals surface area (Å²) in [4.78, 5) is 80.4. The van der Waals surface area contributed by atoms with E-state index in [4.69, 9.17) is 37.0 Å². The molecule has 0 heterocycles. The van der Waals surface area contributed by atoms with Crippen molar-refractivity contribution in [1.29, 1.82) is 0 Å². The Labute approximate surface area is 692 Å². The first-order valence-electron chi connectivity index (χ1n) is 46.1. The second-order valence-corrected chi connectivity index (χ2v) is 36.9. The summed E-state index contributed by atoms with van der Waals surface area (Å²) >= 11 is 0. The van der Waals surface area contributed by atoms with Gasteiger partial charge in [0.25, 0.3) is 0 Å². The van der Waals surface area contributed by atoms with E-state index in [2.05, 4.69) is 37.7 Å². The molecule has 24 heteroatoms. The first kappa shape index (κ1) is 110. The molecule has 0 rings (SSSR count). The van der Waals surface area contributed by atoms with Crippen molar-refractivity contribution in [3.63, 3.8) is 0 Å². The summed E-state index contributed by atoms with van der Waals surface area (Å²) in [7, 11) is -6.70. The number of hydrogen-bond donors (Lipinski definition) is 2. The van der Waals surface area contributed by atoms with Gasteiger partial charge in [-0.15, -0.1) is 0 Å². The van der Waals surface area contributed by atoms with E-state index < -0.39 is 90.0 Å². The molecule has 0 amide bonds. The second kappa shape index (κ2) is 85.2. The lowest BCUT2D eigenvalue weighted by atomic mass is 10.0. The molecule has 0 aromatic rings. The number of hydrogen-bond acceptors (Lipinski definition) is 20. The van der Waals surface area contributed by atoms with Gasteiger partial charge in [0.05, 0.1) is 39.5 Å². The third kappa shape index (κ3) is 84.2. The van der Waals surface area contributed by atoms with Crippen LogP contribution in [0.25, 0.3) is 0 Å². The molecule has 4 atom stereocenters. The third-order valence-corrected chi connectivity index (χ3v) is 24.8. The third-order valence-electron chi connectivity index (χ3n) is 20.4. The highest BCUT2D eigenvalue weighted by molar-refractivity contribution is 8.76. The quantitative estimate of drug-likeness (QED) is 0.0109. The van der Waals surface area contributed by atoms with E-state index in [1.165, 1.54) is 304 Å². The molecular weight excluding hydrogens is 1500 g/mol. The molecule has 0 aliphatic rings. The highest BCUT2D eigenvalue weighted by Crippen LogP contribution is 2.44. The SMILES string of the molecule is CCCCCCCCCCCCCCCCCC(=O)OC[C@H](COP(=O)(O)OCCN=C([O-])CCSSCCC([O-])=NCCOP(=O)(O)OC[C@@H](COC(=O)CCCCCCCCCCCCCCCCC)OC(=O)CCCCCCCCCCCCCCCCC)OC(=O)CCCCCCCCCCCCCCCCC. The zero-order valence-corrected chi connectivity index (χ0v) is 75.3. The number of carbonyl (C=O) groups excluding carboxylic acids is 4. The molecule has 0 aromatic carbocycles. The molecule has 0 spiro atoms. The van der Waals surface area contributed by atoms with E-state index in [-0.39, 0.29) is 64.8 Å². The van der Waals surface area contributed by atoms with Crippen LogP contribution in [0.2, 0.25) is 0 Å². The lowest BCUT2D eigenvalue weighted by Gasteiger charge is -2.20. The van der Waals surface area contributed by atoms with E-state index in [1.807, 2.05) is 0 Å². The van der Waals surface area contributed by atoms with Gasteiger partial charge < -0.3 is 48.9 Å². The standard InChI is InChI=1S/C88H170N2O18P2S2/c1-5-9-13-17-21-25-29-33-37-41-45-49-53-57-61-65-85(93)101-77-81(107-87(95)67-63-59-55-51-47-43-39-35-31-27-23-19-15-11-7-3)79-105-109(97,98)103-73-71-89-83(91)69-75-111-112-76-70-84(92)90-72-74-104-110(99,100)106-80-82(108-88(96)68-64-60-56-52-48-44-40-36-32-28-24-20-16-12-8-4)78-102-86(94)66-62-58-54-50-46-42-38-34-30-26-22-18-14-10-6-2/h81-82H,5-80H2,1-4H3,(H,89,91)(H,90,92)(H,97,98)(H,99,100)/p-2/t81-,82-/m1/s1. The molecule has 0 bridgehead atoms. The second-order valence-electron chi connectivity index (χ2n) is 31.3. The molecule has 0 fully saturated rings. The minimum Gasteiger partial charge on any atom is -0.862 e. The largest absolute Gasteiger partial charge is 0.862 e. The van der Waals surface area contributed by atoms with Gasteiger partial charge in [0.15, 0.2) is 12.2 Å². The van der Waals surface area contributed by atoms with Crippen LogP contribution in [0, 0.1) is 0 Å². The molecule has 662 valence electrons. The predicted octanol–water partition coefficient (Wildman–Crippen LogP) is 24.9. The number of aliphatic imine (C=N–C) groups is 2. The summed E-state index contributed by atoms with van der Waals surface area (Å²) in [6.45, 7) is 5.93. The average Bonchev–Trinajstić information content (AvgIpc) is 0.912. The zero-order chi connectivity index (χ0) is 81.8. The summed E-state index contributed by atoms with van der Waals surface area (Å²) in [5, 5.41) is 25.1. The molecule has 2 N–H and O–H groups in total. The fourth-order valence-electron chi connectivity index (χ4n) is 13.4. The Morgan fingerprint density at radius 3 is 0.696 bits per heavy atom. The molecule has 112 heavy (non-hydrogen) atoms. The maximum atomic E-state index is 13.0. The Balaban J connectivity index is 4.96. The first-order valence-corrected chi connectivity index (χ1v) is 51.6. The Hall–Kier alpha value is -2.26. The van der Waals surface area contributed by atoms with Gasteiger partial charge in [-0.1, -0.05) is 409 Å². The average molecular weight is 1670 g/mol. The van der Waals surface area contributed by atoms with E-state index >= 15 is 0 Å². The van der Waals surface area contributed by atoms with Gasteiger partial charge in [-0.05, 0) is 50.3 Å². The number of esters is 4. The lowest BCUT2D eigenvalue weighted by molar-refractivity contribution is -0.219. The maximum absolute atomic E-state index is 13.0. The predicted molar refractivity (Wildman–Crippen MR) is 462 cm³/mol. The van der Waals surface area contributed by atoms with Gasteiger partial charge in [0, 0.05) is 37.2 Å². The van der Waals surface area contributed by atoms with Gasteiger partial charge in [0.1, 0.15) is 13.2 Å². The van der Waals surface area contributed by atoms with Gasteiger partial charge in [-0.2, -0.15) is 0 Å².